The van der Waals surface area contributed by atoms with Crippen molar-refractivity contribution in [2.75, 3.05) is 11.9 Å². The van der Waals surface area contributed by atoms with Crippen molar-refractivity contribution in [2.45, 2.75) is 64.6 Å². The van der Waals surface area contributed by atoms with Crippen LogP contribution >= 0.6 is 0 Å². The van der Waals surface area contributed by atoms with E-state index in [9.17, 15) is 4.79 Å². The Kier molecular flexibility index (Phi) is 6.63. The van der Waals surface area contributed by atoms with Crippen molar-refractivity contribution in [1.29, 1.82) is 0 Å². The third-order valence-electron chi connectivity index (χ3n) is 6.54. The number of aromatic nitrogens is 5. The fraction of sp³-hybridized carbons (Fsp3) is 0.423. The molecular formula is C26H31FN8O2. The average molecular weight is 507 g/mol. The van der Waals surface area contributed by atoms with E-state index >= 15 is 4.39 Å². The summed E-state index contributed by atoms with van der Waals surface area (Å²) >= 11 is 0. The van der Waals surface area contributed by atoms with Crippen LogP contribution in [-0.4, -0.2) is 49.9 Å². The number of nitrogens with one attached hydrogen (secondary N) is 4. The van der Waals surface area contributed by atoms with Gasteiger partial charge in [-0.05, 0) is 43.0 Å². The van der Waals surface area contributed by atoms with Crippen molar-refractivity contribution in [2.24, 2.45) is 0 Å². The molecule has 0 unspecified atom stereocenters. The number of H-pyrrole nitrogens is 1. The molecule has 5 rings (SSSR count). The van der Waals surface area contributed by atoms with Crippen LogP contribution < -0.4 is 16.0 Å². The molecule has 4 aromatic rings. The van der Waals surface area contributed by atoms with Crippen LogP contribution in [0.15, 0.2) is 35.0 Å². The van der Waals surface area contributed by atoms with Crippen molar-refractivity contribution in [3.05, 3.63) is 53.6 Å². The van der Waals surface area contributed by atoms with Crippen LogP contribution in [0.25, 0.3) is 22.2 Å². The minimum atomic E-state index is -0.528. The zero-order valence-electron chi connectivity index (χ0n) is 21.4. The smallest absolute Gasteiger partial charge is 0.292 e. The van der Waals surface area contributed by atoms with E-state index in [2.05, 4.69) is 48.2 Å². The van der Waals surface area contributed by atoms with Crippen LogP contribution in [0.1, 0.15) is 62.6 Å². The number of hydrogen-bond donors (Lipinski definition) is 4. The Morgan fingerprint density at radius 3 is 2.78 bits per heavy atom. The standard InChI is InChI=1S/C26H31FN8O2/c1-14-5-8-17(13-29-14)31-22-20-18(9-10-28-21(20)33-34-22)15-6-7-16(19(27)11-15)12-30-24(36)23-32-25(37-35-23)26(2,3)4/h6-7,9-11,14,17,29H,5,8,12-13H2,1-4H3,(H,30,36)(H2,28,31,33,34)/t14-,17+/m0/s1. The Hall–Kier alpha value is -3.86. The molecule has 1 saturated heterocycles. The minimum Gasteiger partial charge on any atom is -0.364 e. The Morgan fingerprint density at radius 1 is 1.24 bits per heavy atom. The van der Waals surface area contributed by atoms with Gasteiger partial charge in [0.1, 0.15) is 5.82 Å². The first-order valence-corrected chi connectivity index (χ1v) is 12.4. The lowest BCUT2D eigenvalue weighted by atomic mass is 9.97. The van der Waals surface area contributed by atoms with Gasteiger partial charge < -0.3 is 20.5 Å². The monoisotopic (exact) mass is 506 g/mol. The summed E-state index contributed by atoms with van der Waals surface area (Å²) in [4.78, 5) is 21.0. The van der Waals surface area contributed by atoms with Crippen molar-refractivity contribution in [3.63, 3.8) is 0 Å². The summed E-state index contributed by atoms with van der Waals surface area (Å²) in [5.41, 5.74) is 2.10. The fourth-order valence-electron chi connectivity index (χ4n) is 4.34. The maximum atomic E-state index is 15.1. The number of halogens is 1. The first-order chi connectivity index (χ1) is 17.7. The predicted molar refractivity (Wildman–Crippen MR) is 138 cm³/mol. The molecule has 1 amide bonds. The van der Waals surface area contributed by atoms with Gasteiger partial charge in [-0.3, -0.25) is 9.89 Å². The molecule has 2 atom stereocenters. The van der Waals surface area contributed by atoms with E-state index in [0.29, 0.717) is 34.5 Å². The van der Waals surface area contributed by atoms with Gasteiger partial charge in [0.2, 0.25) is 5.89 Å². The first kappa shape index (κ1) is 24.8. The van der Waals surface area contributed by atoms with Crippen molar-refractivity contribution >= 4 is 22.8 Å². The van der Waals surface area contributed by atoms with Crippen molar-refractivity contribution in [3.8, 4) is 11.1 Å². The molecule has 0 bridgehead atoms. The predicted octanol–water partition coefficient (Wildman–Crippen LogP) is 3.93. The highest BCUT2D eigenvalue weighted by atomic mass is 19.1. The van der Waals surface area contributed by atoms with E-state index < -0.39 is 11.7 Å². The zero-order valence-corrected chi connectivity index (χ0v) is 21.4. The molecule has 1 aliphatic heterocycles. The molecule has 1 aliphatic rings. The highest BCUT2D eigenvalue weighted by Crippen LogP contribution is 2.33. The zero-order chi connectivity index (χ0) is 26.2. The van der Waals surface area contributed by atoms with E-state index in [0.717, 1.165) is 30.3 Å². The van der Waals surface area contributed by atoms with Crippen LogP contribution in [0.3, 0.4) is 0 Å². The molecule has 1 aromatic carbocycles. The maximum Gasteiger partial charge on any atom is 0.292 e. The van der Waals surface area contributed by atoms with Crippen LogP contribution in [0, 0.1) is 5.82 Å². The van der Waals surface area contributed by atoms with E-state index in [1.807, 2.05) is 32.9 Å². The number of piperidine rings is 1. The van der Waals surface area contributed by atoms with Gasteiger partial charge in [-0.2, -0.15) is 10.1 Å². The lowest BCUT2D eigenvalue weighted by molar-refractivity contribution is 0.0937. The molecular weight excluding hydrogens is 475 g/mol. The summed E-state index contributed by atoms with van der Waals surface area (Å²) in [5.74, 6) is 0.0166. The highest BCUT2D eigenvalue weighted by Gasteiger charge is 2.24. The van der Waals surface area contributed by atoms with E-state index in [4.69, 9.17) is 4.52 Å². The van der Waals surface area contributed by atoms with Gasteiger partial charge in [0.05, 0.1) is 5.39 Å². The number of nitrogens with zero attached hydrogens (tertiary/aromatic N) is 4. The number of carbonyl (C=O) groups excluding carboxylic acids is 1. The van der Waals surface area contributed by atoms with Gasteiger partial charge in [0.15, 0.2) is 11.5 Å². The summed E-state index contributed by atoms with van der Waals surface area (Å²) in [6.07, 6.45) is 3.79. The third kappa shape index (κ3) is 5.31. The summed E-state index contributed by atoms with van der Waals surface area (Å²) in [5, 5.41) is 21.6. The Morgan fingerprint density at radius 2 is 2.08 bits per heavy atom. The average Bonchev–Trinajstić information content (AvgIpc) is 3.53. The van der Waals surface area contributed by atoms with E-state index in [1.54, 1.807) is 12.3 Å². The molecule has 1 fully saturated rings. The molecule has 10 nitrogen and oxygen atoms in total. The summed E-state index contributed by atoms with van der Waals surface area (Å²) in [6.45, 7) is 8.74. The number of aromatic amines is 1. The molecule has 4 heterocycles. The summed E-state index contributed by atoms with van der Waals surface area (Å²) in [7, 11) is 0. The van der Waals surface area contributed by atoms with E-state index in [-0.39, 0.29) is 23.8 Å². The molecule has 11 heteroatoms. The highest BCUT2D eigenvalue weighted by molar-refractivity contribution is 6.00. The molecule has 37 heavy (non-hydrogen) atoms. The Balaban J connectivity index is 1.33. The number of amides is 1. The molecule has 3 aromatic heterocycles. The van der Waals surface area contributed by atoms with E-state index in [1.165, 1.54) is 6.07 Å². The number of rotatable bonds is 6. The van der Waals surface area contributed by atoms with Crippen molar-refractivity contribution < 1.29 is 13.7 Å². The number of hydrogen-bond acceptors (Lipinski definition) is 8. The summed E-state index contributed by atoms with van der Waals surface area (Å²) in [6, 6.07) is 7.55. The second kappa shape index (κ2) is 9.89. The largest absolute Gasteiger partial charge is 0.364 e. The van der Waals surface area contributed by atoms with Crippen LogP contribution in [0.4, 0.5) is 10.2 Å². The lowest BCUT2D eigenvalue weighted by Gasteiger charge is -2.28. The van der Waals surface area contributed by atoms with Crippen LogP contribution in [0.2, 0.25) is 0 Å². The molecule has 0 spiro atoms. The number of anilines is 1. The van der Waals surface area contributed by atoms with Gasteiger partial charge in [0.25, 0.3) is 11.7 Å². The minimum absolute atomic E-state index is 0.0122. The first-order valence-electron chi connectivity index (χ1n) is 12.4. The van der Waals surface area contributed by atoms with Gasteiger partial charge in [-0.15, -0.1) is 0 Å². The van der Waals surface area contributed by atoms with Gasteiger partial charge in [0, 0.05) is 42.3 Å². The van der Waals surface area contributed by atoms with Gasteiger partial charge >= 0.3 is 0 Å². The Bertz CT molecular complexity index is 1420. The fourth-order valence-corrected chi connectivity index (χ4v) is 4.34. The topological polar surface area (TPSA) is 134 Å². The third-order valence-corrected chi connectivity index (χ3v) is 6.54. The number of carbonyl (C=O) groups is 1. The SMILES string of the molecule is C[C@H]1CC[C@@H](Nc2n[nH]c3nccc(-c4ccc(CNC(=O)c5noc(C(C)(C)C)n5)c(F)c4)c23)CN1. The number of benzene rings is 1. The summed E-state index contributed by atoms with van der Waals surface area (Å²) < 4.78 is 20.3. The normalized spacial score (nSPS) is 18.2. The molecule has 0 radical (unpaired) electrons. The number of fused-ring (bicyclic) bond motifs is 1. The maximum absolute atomic E-state index is 15.1. The number of pyridine rings is 1. The quantitative estimate of drug-likeness (QED) is 0.309. The lowest BCUT2D eigenvalue weighted by Crippen LogP contribution is -2.43. The van der Waals surface area contributed by atoms with Gasteiger partial charge in [-0.25, -0.2) is 9.37 Å². The van der Waals surface area contributed by atoms with Gasteiger partial charge in [-0.1, -0.05) is 38.1 Å². The molecule has 0 saturated carbocycles. The van der Waals surface area contributed by atoms with Crippen LogP contribution in [0.5, 0.6) is 0 Å². The second-order valence-electron chi connectivity index (χ2n) is 10.5. The molecule has 4 N–H and O–H groups in total. The van der Waals surface area contributed by atoms with Crippen molar-refractivity contribution in [1.82, 2.24) is 36.0 Å². The molecule has 0 aliphatic carbocycles. The Labute approximate surface area is 213 Å². The molecule has 194 valence electrons. The second-order valence-corrected chi connectivity index (χ2v) is 10.5. The van der Waals surface area contributed by atoms with Crippen LogP contribution in [-0.2, 0) is 12.0 Å².